The molecule has 1 aromatic heterocycles. The number of allylic oxidation sites excluding steroid dienone is 1. The zero-order chi connectivity index (χ0) is 20.5. The first kappa shape index (κ1) is 20.3. The number of fused-ring (bicyclic) bond motifs is 1. The minimum Gasteiger partial charge on any atom is -0.374 e. The van der Waals surface area contributed by atoms with Gasteiger partial charge in [-0.25, -0.2) is 15.8 Å². The van der Waals surface area contributed by atoms with Crippen LogP contribution in [0.15, 0.2) is 35.5 Å². The van der Waals surface area contributed by atoms with Crippen LogP contribution in [-0.4, -0.2) is 40.8 Å². The molecule has 0 aliphatic carbocycles. The van der Waals surface area contributed by atoms with E-state index in [-0.39, 0.29) is 10.8 Å². The number of amides is 1. The van der Waals surface area contributed by atoms with Crippen molar-refractivity contribution < 1.29 is 22.8 Å². The molecule has 1 aromatic carbocycles. The number of carbonyl (C=O) groups is 2. The molecular formula is C18H19F3N4O2S. The van der Waals surface area contributed by atoms with Gasteiger partial charge in [-0.1, -0.05) is 23.5 Å². The topological polar surface area (TPSA) is 79.5 Å². The number of halogens is 3. The Bertz CT molecular complexity index is 899. The van der Waals surface area contributed by atoms with Gasteiger partial charge in [-0.05, 0) is 38.3 Å². The molecule has 0 unspecified atom stereocenters. The van der Waals surface area contributed by atoms with Crippen molar-refractivity contribution in [2.24, 2.45) is 5.84 Å². The highest BCUT2D eigenvalue weighted by Gasteiger charge is 2.45. The maximum absolute atomic E-state index is 13.2. The zero-order valence-electron chi connectivity index (χ0n) is 15.1. The summed E-state index contributed by atoms with van der Waals surface area (Å²) >= 11 is 1.06. The second kappa shape index (κ2) is 7.88. The number of benzene rings is 1. The zero-order valence-corrected chi connectivity index (χ0v) is 15.9. The van der Waals surface area contributed by atoms with E-state index in [1.54, 1.807) is 29.2 Å². The molecule has 6 nitrogen and oxygen atoms in total. The number of para-hydroxylation sites is 1. The van der Waals surface area contributed by atoms with Gasteiger partial charge in [-0.2, -0.15) is 13.2 Å². The van der Waals surface area contributed by atoms with Crippen LogP contribution in [0.25, 0.3) is 10.2 Å². The van der Waals surface area contributed by atoms with Crippen LogP contribution in [-0.2, 0) is 9.59 Å². The van der Waals surface area contributed by atoms with Crippen LogP contribution >= 0.6 is 11.3 Å². The smallest absolute Gasteiger partial charge is 0.374 e. The summed E-state index contributed by atoms with van der Waals surface area (Å²) in [7, 11) is 0. The molecule has 2 heterocycles. The van der Waals surface area contributed by atoms with Gasteiger partial charge < -0.3 is 4.90 Å². The van der Waals surface area contributed by atoms with E-state index in [1.807, 2.05) is 0 Å². The molecule has 1 saturated heterocycles. The van der Waals surface area contributed by atoms with Gasteiger partial charge in [0.15, 0.2) is 0 Å². The number of carbonyl (C=O) groups excluding carboxylic acids is 2. The molecule has 10 heteroatoms. The van der Waals surface area contributed by atoms with Gasteiger partial charge in [0, 0.05) is 18.8 Å². The quantitative estimate of drug-likeness (QED) is 0.208. The molecule has 1 aliphatic rings. The number of hydrogen-bond acceptors (Lipinski definition) is 6. The van der Waals surface area contributed by atoms with Gasteiger partial charge in [-0.15, -0.1) is 0 Å². The number of nitrogens with two attached hydrogens (primary N) is 1. The van der Waals surface area contributed by atoms with Crippen LogP contribution in [0.1, 0.15) is 26.2 Å². The molecule has 0 radical (unpaired) electrons. The average Bonchev–Trinajstić information content (AvgIpc) is 3.11. The second-order valence-corrected chi connectivity index (χ2v) is 7.48. The lowest BCUT2D eigenvalue weighted by atomic mass is 10.0. The Morgan fingerprint density at radius 2 is 1.82 bits per heavy atom. The van der Waals surface area contributed by atoms with Crippen LogP contribution in [0.5, 0.6) is 0 Å². The molecule has 1 fully saturated rings. The highest BCUT2D eigenvalue weighted by atomic mass is 32.1. The fourth-order valence-electron chi connectivity index (χ4n) is 3.12. The molecule has 150 valence electrons. The van der Waals surface area contributed by atoms with E-state index in [9.17, 15) is 22.8 Å². The molecular weight excluding hydrogens is 393 g/mol. The Morgan fingerprint density at radius 3 is 2.43 bits per heavy atom. The first-order chi connectivity index (χ1) is 13.2. The van der Waals surface area contributed by atoms with E-state index in [1.165, 1.54) is 6.92 Å². The fraction of sp³-hybridized carbons (Fsp3) is 0.389. The van der Waals surface area contributed by atoms with E-state index < -0.39 is 23.4 Å². The molecule has 3 rings (SSSR count). The van der Waals surface area contributed by atoms with Gasteiger partial charge in [0.1, 0.15) is 5.57 Å². The molecule has 1 amide bonds. The number of Topliss-reactive ketones (excluding diaryl/α,β-unsaturated/α-hetero) is 1. The van der Waals surface area contributed by atoms with Gasteiger partial charge in [0.05, 0.1) is 10.2 Å². The third kappa shape index (κ3) is 4.02. The summed E-state index contributed by atoms with van der Waals surface area (Å²) in [5.41, 5.74) is -0.411. The highest BCUT2D eigenvalue weighted by Crippen LogP contribution is 2.31. The monoisotopic (exact) mass is 412 g/mol. The summed E-state index contributed by atoms with van der Waals surface area (Å²) in [5, 5.41) is 0.544. The number of thiazole rings is 1. The van der Waals surface area contributed by atoms with Crippen LogP contribution in [0.4, 0.5) is 18.3 Å². The number of anilines is 1. The number of alkyl halides is 3. The maximum Gasteiger partial charge on any atom is 0.455 e. The molecule has 0 atom stereocenters. The van der Waals surface area contributed by atoms with E-state index in [0.717, 1.165) is 35.3 Å². The van der Waals surface area contributed by atoms with Crippen molar-refractivity contribution in [2.75, 3.05) is 18.1 Å². The number of nitrogens with zero attached hydrogens (tertiary/aromatic N) is 3. The predicted octanol–water partition coefficient (Wildman–Crippen LogP) is 3.39. The lowest BCUT2D eigenvalue weighted by molar-refractivity contribution is -0.167. The second-order valence-electron chi connectivity index (χ2n) is 6.47. The van der Waals surface area contributed by atoms with E-state index in [2.05, 4.69) is 4.98 Å². The fourth-order valence-corrected chi connectivity index (χ4v) is 4.00. The number of rotatable bonds is 4. The number of ketones is 1. The van der Waals surface area contributed by atoms with Gasteiger partial charge in [0.2, 0.25) is 5.13 Å². The van der Waals surface area contributed by atoms with Crippen LogP contribution < -0.4 is 10.9 Å². The van der Waals surface area contributed by atoms with Gasteiger partial charge in [0.25, 0.3) is 11.7 Å². The largest absolute Gasteiger partial charge is 0.455 e. The van der Waals surface area contributed by atoms with Crippen LogP contribution in [0, 0.1) is 0 Å². The molecule has 0 bridgehead atoms. The molecule has 28 heavy (non-hydrogen) atoms. The standard InChI is InChI=1S/C18H19F3N4O2S/c1-11(24-9-5-2-6-10-24)14(15(26)18(19,20)21)16(27)25(22)17-23-12-7-3-4-8-13(12)28-17/h3-4,7-8H,2,5-6,9-10,22H2,1H3/b14-11+. The molecule has 2 N–H and O–H groups in total. The lowest BCUT2D eigenvalue weighted by Crippen LogP contribution is -2.44. The Morgan fingerprint density at radius 1 is 1.18 bits per heavy atom. The number of aromatic nitrogens is 1. The van der Waals surface area contributed by atoms with Crippen molar-refractivity contribution in [3.63, 3.8) is 0 Å². The summed E-state index contributed by atoms with van der Waals surface area (Å²) in [4.78, 5) is 30.7. The predicted molar refractivity (Wildman–Crippen MR) is 100 cm³/mol. The lowest BCUT2D eigenvalue weighted by Gasteiger charge is -2.31. The molecule has 0 spiro atoms. The summed E-state index contributed by atoms with van der Waals surface area (Å²) in [6, 6.07) is 6.97. The SMILES string of the molecule is C/C(=C(\C(=O)N(N)c1nc2ccccc2s1)C(=O)C(F)(F)F)N1CCCCC1. The first-order valence-corrected chi connectivity index (χ1v) is 9.54. The van der Waals surface area contributed by atoms with Crippen molar-refractivity contribution in [2.45, 2.75) is 32.4 Å². The third-order valence-corrected chi connectivity index (χ3v) is 5.63. The Kier molecular flexibility index (Phi) is 5.71. The van der Waals surface area contributed by atoms with Crippen LogP contribution in [0.3, 0.4) is 0 Å². The van der Waals surface area contributed by atoms with Crippen molar-refractivity contribution >= 4 is 38.4 Å². The average molecular weight is 412 g/mol. The maximum atomic E-state index is 13.2. The minimum absolute atomic E-state index is 0.0106. The highest BCUT2D eigenvalue weighted by molar-refractivity contribution is 7.22. The summed E-state index contributed by atoms with van der Waals surface area (Å²) < 4.78 is 40.3. The Labute approximate surface area is 163 Å². The number of likely N-dealkylation sites (tertiary alicyclic amines) is 1. The Balaban J connectivity index is 2.00. The normalized spacial score (nSPS) is 16.1. The molecule has 2 aromatic rings. The van der Waals surface area contributed by atoms with Crippen molar-refractivity contribution in [1.82, 2.24) is 9.88 Å². The molecule has 1 aliphatic heterocycles. The number of piperidine rings is 1. The minimum atomic E-state index is -5.18. The van der Waals surface area contributed by atoms with Crippen molar-refractivity contribution in [1.29, 1.82) is 0 Å². The Hall–Kier alpha value is -2.46. The summed E-state index contributed by atoms with van der Waals surface area (Å²) in [6.07, 6.45) is -2.67. The van der Waals surface area contributed by atoms with Gasteiger partial charge >= 0.3 is 6.18 Å². The van der Waals surface area contributed by atoms with Crippen molar-refractivity contribution in [3.8, 4) is 0 Å². The van der Waals surface area contributed by atoms with E-state index >= 15 is 0 Å². The van der Waals surface area contributed by atoms with Crippen LogP contribution in [0.2, 0.25) is 0 Å². The van der Waals surface area contributed by atoms with Gasteiger partial charge in [-0.3, -0.25) is 9.59 Å². The number of hydrogen-bond donors (Lipinski definition) is 1. The van der Waals surface area contributed by atoms with E-state index in [0.29, 0.717) is 23.6 Å². The molecule has 0 saturated carbocycles. The third-order valence-electron chi connectivity index (χ3n) is 4.60. The van der Waals surface area contributed by atoms with E-state index in [4.69, 9.17) is 5.84 Å². The summed E-state index contributed by atoms with van der Waals surface area (Å²) in [6.45, 7) is 2.33. The summed E-state index contributed by atoms with van der Waals surface area (Å²) in [5.74, 6) is 2.40. The number of hydrazine groups is 1. The first-order valence-electron chi connectivity index (χ1n) is 8.72. The van der Waals surface area contributed by atoms with Crippen molar-refractivity contribution in [3.05, 3.63) is 35.5 Å².